The predicted molar refractivity (Wildman–Crippen MR) is 302 cm³/mol. The highest BCUT2D eigenvalue weighted by molar-refractivity contribution is 7.20. The van der Waals surface area contributed by atoms with Gasteiger partial charge in [0, 0.05) is 27.6 Å². The van der Waals surface area contributed by atoms with Crippen molar-refractivity contribution in [3.63, 3.8) is 0 Å². The highest BCUT2D eigenvalue weighted by Gasteiger charge is 2.55. The number of aryl methyl sites for hydroxylation is 1. The summed E-state index contributed by atoms with van der Waals surface area (Å²) in [5.41, 5.74) is 25.1. The van der Waals surface area contributed by atoms with Crippen molar-refractivity contribution in [2.24, 2.45) is 16.7 Å². The highest BCUT2D eigenvalue weighted by atomic mass is 32.1. The van der Waals surface area contributed by atoms with Gasteiger partial charge in [0.15, 0.2) is 0 Å². The molecule has 69 heavy (non-hydrogen) atoms. The van der Waals surface area contributed by atoms with Crippen LogP contribution in [0.1, 0.15) is 233 Å². The van der Waals surface area contributed by atoms with E-state index in [2.05, 4.69) is 208 Å². The van der Waals surface area contributed by atoms with E-state index in [1.165, 1.54) is 101 Å². The number of thiophene rings is 1. The van der Waals surface area contributed by atoms with E-state index in [0.29, 0.717) is 5.92 Å². The molecule has 3 aromatic carbocycles. The summed E-state index contributed by atoms with van der Waals surface area (Å²) >= 11 is 2.16. The second-order valence-corrected chi connectivity index (χ2v) is 31.2. The van der Waals surface area contributed by atoms with Crippen LogP contribution < -0.4 is 20.7 Å². The fraction of sp³-hybridized carbons (Fsp3) is 0.600. The molecule has 11 rings (SSSR count). The minimum atomic E-state index is -0.0697. The van der Waals surface area contributed by atoms with E-state index < -0.39 is 0 Å². The van der Waals surface area contributed by atoms with Crippen LogP contribution >= 0.6 is 11.3 Å². The van der Waals surface area contributed by atoms with Crippen molar-refractivity contribution in [1.82, 2.24) is 0 Å². The molecule has 0 N–H and O–H groups in total. The van der Waals surface area contributed by atoms with Crippen molar-refractivity contribution in [2.75, 3.05) is 9.80 Å². The van der Waals surface area contributed by atoms with Crippen LogP contribution in [-0.4, -0.2) is 6.71 Å². The van der Waals surface area contributed by atoms with Crippen molar-refractivity contribution in [1.29, 1.82) is 0 Å². The summed E-state index contributed by atoms with van der Waals surface area (Å²) in [7, 11) is 0. The van der Waals surface area contributed by atoms with Gasteiger partial charge in [0.25, 0.3) is 6.71 Å². The predicted octanol–water partition coefficient (Wildman–Crippen LogP) is 17.5. The number of benzene rings is 3. The topological polar surface area (TPSA) is 6.48 Å². The van der Waals surface area contributed by atoms with Crippen LogP contribution in [0.3, 0.4) is 0 Å². The summed E-state index contributed by atoms with van der Waals surface area (Å²) < 4.78 is 0. The second kappa shape index (κ2) is 14.4. The molecule has 1 fully saturated rings. The van der Waals surface area contributed by atoms with Crippen molar-refractivity contribution >= 4 is 56.7 Å². The van der Waals surface area contributed by atoms with E-state index in [-0.39, 0.29) is 55.4 Å². The van der Waals surface area contributed by atoms with Crippen LogP contribution in [-0.2, 0) is 37.9 Å². The van der Waals surface area contributed by atoms with Crippen LogP contribution in [0.5, 0.6) is 0 Å². The van der Waals surface area contributed by atoms with Gasteiger partial charge in [0.2, 0.25) is 0 Å². The molecule has 7 aliphatic rings. The molecule has 366 valence electrons. The normalized spacial score (nSPS) is 25.6. The SMILES string of the molecule is Cc1cc2c(cc1N1c3cc(C(C)(C)C)cc4c3B(C3=C(CC5C(=C3)C(C)(C)CCC5(C)C)N4c3ccc4c(c3)C(C)(C)CCC4(C)C)c3c1sc1c3C(C)(C)CCC1(C)C)C(C)(C)CCC2(C)C. The number of allylic oxidation sites excluding steroid dienone is 4. The highest BCUT2D eigenvalue weighted by Crippen LogP contribution is 2.62. The lowest BCUT2D eigenvalue weighted by atomic mass is 9.31. The summed E-state index contributed by atoms with van der Waals surface area (Å²) in [5, 5.41) is 1.48. The van der Waals surface area contributed by atoms with Crippen LogP contribution in [0.15, 0.2) is 65.3 Å². The molecule has 4 heteroatoms. The minimum absolute atomic E-state index is 0.0473. The Kier molecular flexibility index (Phi) is 9.96. The Morgan fingerprint density at radius 2 is 1.06 bits per heavy atom. The molecule has 1 saturated carbocycles. The average molecular weight is 939 g/mol. The molecule has 1 aromatic heterocycles. The van der Waals surface area contributed by atoms with E-state index in [0.717, 1.165) is 6.42 Å². The lowest BCUT2D eigenvalue weighted by Crippen LogP contribution is -2.58. The number of anilines is 5. The largest absolute Gasteiger partial charge is 0.315 e. The first-order valence-electron chi connectivity index (χ1n) is 27.4. The van der Waals surface area contributed by atoms with Crippen molar-refractivity contribution in [3.05, 3.63) is 109 Å². The van der Waals surface area contributed by atoms with E-state index in [9.17, 15) is 0 Å². The maximum atomic E-state index is 2.87. The third kappa shape index (κ3) is 6.87. The summed E-state index contributed by atoms with van der Waals surface area (Å²) in [6.45, 7) is 50.6. The Labute approximate surface area is 424 Å². The molecule has 0 radical (unpaired) electrons. The summed E-state index contributed by atoms with van der Waals surface area (Å²) in [6, 6.07) is 18.4. The van der Waals surface area contributed by atoms with Crippen molar-refractivity contribution in [2.45, 2.75) is 234 Å². The fourth-order valence-electron chi connectivity index (χ4n) is 15.1. The van der Waals surface area contributed by atoms with E-state index in [1.807, 2.05) is 0 Å². The van der Waals surface area contributed by atoms with Crippen LogP contribution in [0.4, 0.5) is 27.8 Å². The van der Waals surface area contributed by atoms with Gasteiger partial charge in [-0.25, -0.2) is 0 Å². The van der Waals surface area contributed by atoms with Gasteiger partial charge < -0.3 is 9.80 Å². The molecular weight excluding hydrogens is 852 g/mol. The van der Waals surface area contributed by atoms with Crippen LogP contribution in [0.25, 0.3) is 0 Å². The molecule has 0 amide bonds. The summed E-state index contributed by atoms with van der Waals surface area (Å²) in [4.78, 5) is 7.35. The van der Waals surface area contributed by atoms with E-state index in [4.69, 9.17) is 0 Å². The first-order chi connectivity index (χ1) is 31.7. The molecule has 2 nitrogen and oxygen atoms in total. The second-order valence-electron chi connectivity index (χ2n) is 30.2. The summed E-state index contributed by atoms with van der Waals surface area (Å²) in [5.74, 6) is 0.486. The monoisotopic (exact) mass is 939 g/mol. The van der Waals surface area contributed by atoms with Crippen molar-refractivity contribution in [3.8, 4) is 0 Å². The fourth-order valence-corrected chi connectivity index (χ4v) is 16.7. The zero-order valence-corrected chi connectivity index (χ0v) is 47.8. The molecule has 0 bridgehead atoms. The molecule has 5 aliphatic carbocycles. The average Bonchev–Trinajstić information content (AvgIpc) is 3.67. The maximum absolute atomic E-state index is 2.87. The Morgan fingerprint density at radius 3 is 1.67 bits per heavy atom. The molecule has 1 unspecified atom stereocenters. The third-order valence-electron chi connectivity index (χ3n) is 20.5. The zero-order valence-electron chi connectivity index (χ0n) is 46.9. The van der Waals surface area contributed by atoms with E-state index in [1.54, 1.807) is 49.3 Å². The van der Waals surface area contributed by atoms with E-state index >= 15 is 0 Å². The van der Waals surface area contributed by atoms with Gasteiger partial charge >= 0.3 is 0 Å². The third-order valence-corrected chi connectivity index (χ3v) is 22.0. The van der Waals surface area contributed by atoms with Gasteiger partial charge in [-0.2, -0.15) is 0 Å². The van der Waals surface area contributed by atoms with Crippen LogP contribution in [0, 0.1) is 23.7 Å². The molecular formula is C65H87BN2S. The smallest absolute Gasteiger partial charge is 0.253 e. The zero-order chi connectivity index (χ0) is 49.9. The lowest BCUT2D eigenvalue weighted by Gasteiger charge is -2.54. The molecule has 0 spiro atoms. The number of rotatable bonds is 2. The first-order valence-corrected chi connectivity index (χ1v) is 28.2. The Morgan fingerprint density at radius 1 is 0.536 bits per heavy atom. The summed E-state index contributed by atoms with van der Waals surface area (Å²) in [6.07, 6.45) is 13.7. The maximum Gasteiger partial charge on any atom is 0.253 e. The molecule has 0 saturated heterocycles. The van der Waals surface area contributed by atoms with Gasteiger partial charge in [-0.05, 0) is 205 Å². The van der Waals surface area contributed by atoms with Crippen molar-refractivity contribution < 1.29 is 0 Å². The number of hydrogen-bond acceptors (Lipinski definition) is 3. The number of nitrogens with zero attached hydrogens (tertiary/aromatic N) is 2. The molecule has 4 aromatic rings. The first kappa shape index (κ1) is 47.8. The quantitative estimate of drug-likeness (QED) is 0.185. The van der Waals surface area contributed by atoms with Crippen LogP contribution in [0.2, 0.25) is 0 Å². The van der Waals surface area contributed by atoms with Gasteiger partial charge in [-0.15, -0.1) is 11.3 Å². The van der Waals surface area contributed by atoms with Gasteiger partial charge in [-0.1, -0.05) is 155 Å². The lowest BCUT2D eigenvalue weighted by molar-refractivity contribution is 0.121. The molecule has 3 heterocycles. The minimum Gasteiger partial charge on any atom is -0.315 e. The number of fused-ring (bicyclic) bond motifs is 8. The van der Waals surface area contributed by atoms with Gasteiger partial charge in [0.05, 0.1) is 10.7 Å². The molecule has 1 atom stereocenters. The Hall–Kier alpha value is -3.50. The number of hydrogen-bond donors (Lipinski definition) is 0. The Bertz CT molecular complexity index is 2940. The van der Waals surface area contributed by atoms with Gasteiger partial charge in [0.1, 0.15) is 0 Å². The molecule has 2 aliphatic heterocycles. The Balaban J connectivity index is 1.31. The van der Waals surface area contributed by atoms with Gasteiger partial charge in [-0.3, -0.25) is 0 Å². The standard InChI is InChI=1S/C65H87BN2S/c1-38-31-42-45(62(13,14)27-25-59(42,7)8)36-48(38)68-51-33-39(57(2,3)4)32-50-53(51)66(54-52-55(69-56(54)68)65(19,20)30-29-64(52,17)18)47-35-44-46(63(15,16)28-26-61(44,11)12)37-49(47)67(50)40-21-22-41-43(34-40)60(9,10)24-23-58(41,5)6/h21-22,31-36,46H,23-30,37H2,1-20H3.